The molecule has 0 aromatic heterocycles. The Balaban J connectivity index is 1.53. The second-order valence-corrected chi connectivity index (χ2v) is 5.40. The molecule has 1 aliphatic rings. The van der Waals surface area contributed by atoms with Crippen molar-refractivity contribution in [2.75, 3.05) is 0 Å². The Hall–Kier alpha value is -1.64. The summed E-state index contributed by atoms with van der Waals surface area (Å²) in [5, 5.41) is 3.57. The van der Waals surface area contributed by atoms with Gasteiger partial charge in [-0.2, -0.15) is 0 Å². The standard InChI is InChI=1S/C18H21NO/c1-2-6-15(7-3-1)13-20-14-17-9-5-4-8-16(17)12-19-18-10-11-18/h1-9,18-19H,10-14H2. The molecule has 0 unspecified atom stereocenters. The maximum Gasteiger partial charge on any atom is 0.0724 e. The summed E-state index contributed by atoms with van der Waals surface area (Å²) in [4.78, 5) is 0. The summed E-state index contributed by atoms with van der Waals surface area (Å²) in [6.07, 6.45) is 2.65. The molecular formula is C18H21NO. The minimum atomic E-state index is 0.672. The van der Waals surface area contributed by atoms with Gasteiger partial charge < -0.3 is 10.1 Å². The van der Waals surface area contributed by atoms with Crippen LogP contribution in [0.4, 0.5) is 0 Å². The Kier molecular flexibility index (Phi) is 4.46. The van der Waals surface area contributed by atoms with Gasteiger partial charge in [0.1, 0.15) is 0 Å². The summed E-state index contributed by atoms with van der Waals surface area (Å²) < 4.78 is 5.84. The first kappa shape index (κ1) is 13.3. The molecule has 3 rings (SSSR count). The summed E-state index contributed by atoms with van der Waals surface area (Å²) in [6, 6.07) is 19.6. The van der Waals surface area contributed by atoms with Gasteiger partial charge >= 0.3 is 0 Å². The van der Waals surface area contributed by atoms with Gasteiger partial charge in [0.05, 0.1) is 13.2 Å². The van der Waals surface area contributed by atoms with Crippen LogP contribution < -0.4 is 5.32 Å². The summed E-state index contributed by atoms with van der Waals surface area (Å²) >= 11 is 0. The lowest BCUT2D eigenvalue weighted by Gasteiger charge is -2.11. The van der Waals surface area contributed by atoms with Gasteiger partial charge in [-0.1, -0.05) is 54.6 Å². The Morgan fingerprint density at radius 1 is 0.850 bits per heavy atom. The van der Waals surface area contributed by atoms with Crippen molar-refractivity contribution in [3.8, 4) is 0 Å². The summed E-state index contributed by atoms with van der Waals surface area (Å²) in [7, 11) is 0. The molecule has 2 nitrogen and oxygen atoms in total. The molecule has 1 saturated carbocycles. The third-order valence-corrected chi connectivity index (χ3v) is 3.65. The fourth-order valence-electron chi connectivity index (χ4n) is 2.27. The fourth-order valence-corrected chi connectivity index (χ4v) is 2.27. The predicted molar refractivity (Wildman–Crippen MR) is 81.2 cm³/mol. The molecule has 0 atom stereocenters. The predicted octanol–water partition coefficient (Wildman–Crippen LogP) is 3.66. The Bertz CT molecular complexity index is 534. The van der Waals surface area contributed by atoms with Gasteiger partial charge in [-0.3, -0.25) is 0 Å². The van der Waals surface area contributed by atoms with Crippen molar-refractivity contribution in [1.29, 1.82) is 0 Å². The second-order valence-electron chi connectivity index (χ2n) is 5.40. The molecule has 0 aliphatic heterocycles. The van der Waals surface area contributed by atoms with Crippen LogP contribution in [0.3, 0.4) is 0 Å². The second kappa shape index (κ2) is 6.69. The summed E-state index contributed by atoms with van der Waals surface area (Å²) in [5.74, 6) is 0. The molecule has 1 N–H and O–H groups in total. The van der Waals surface area contributed by atoms with E-state index in [4.69, 9.17) is 4.74 Å². The lowest BCUT2D eigenvalue weighted by molar-refractivity contribution is 0.106. The van der Waals surface area contributed by atoms with Crippen molar-refractivity contribution in [2.24, 2.45) is 0 Å². The van der Waals surface area contributed by atoms with Crippen molar-refractivity contribution >= 4 is 0 Å². The average molecular weight is 267 g/mol. The number of ether oxygens (including phenoxy) is 1. The molecular weight excluding hydrogens is 246 g/mol. The van der Waals surface area contributed by atoms with Crippen LogP contribution >= 0.6 is 0 Å². The van der Waals surface area contributed by atoms with Crippen molar-refractivity contribution in [1.82, 2.24) is 5.32 Å². The van der Waals surface area contributed by atoms with E-state index in [0.29, 0.717) is 13.2 Å². The van der Waals surface area contributed by atoms with Crippen LogP contribution in [0, 0.1) is 0 Å². The van der Waals surface area contributed by atoms with E-state index in [1.807, 2.05) is 18.2 Å². The quantitative estimate of drug-likeness (QED) is 0.826. The summed E-state index contributed by atoms with van der Waals surface area (Å²) in [5.41, 5.74) is 3.87. The zero-order valence-corrected chi connectivity index (χ0v) is 11.7. The van der Waals surface area contributed by atoms with Crippen LogP contribution in [0.15, 0.2) is 54.6 Å². The first-order valence-electron chi connectivity index (χ1n) is 7.33. The first-order valence-corrected chi connectivity index (χ1v) is 7.33. The van der Waals surface area contributed by atoms with E-state index >= 15 is 0 Å². The molecule has 1 fully saturated rings. The normalized spacial score (nSPS) is 14.4. The summed E-state index contributed by atoms with van der Waals surface area (Å²) in [6.45, 7) is 2.30. The van der Waals surface area contributed by atoms with Gasteiger partial charge in [0, 0.05) is 12.6 Å². The molecule has 0 amide bonds. The largest absolute Gasteiger partial charge is 0.372 e. The molecule has 0 saturated heterocycles. The molecule has 0 bridgehead atoms. The van der Waals surface area contributed by atoms with Crippen LogP contribution in [0.2, 0.25) is 0 Å². The number of rotatable bonds is 7. The van der Waals surface area contributed by atoms with Crippen LogP contribution in [0.1, 0.15) is 29.5 Å². The lowest BCUT2D eigenvalue weighted by atomic mass is 10.1. The molecule has 104 valence electrons. The molecule has 20 heavy (non-hydrogen) atoms. The van der Waals surface area contributed by atoms with Gasteiger partial charge in [0.15, 0.2) is 0 Å². The van der Waals surface area contributed by atoms with E-state index in [9.17, 15) is 0 Å². The third kappa shape index (κ3) is 3.92. The van der Waals surface area contributed by atoms with Gasteiger partial charge in [0.25, 0.3) is 0 Å². The highest BCUT2D eigenvalue weighted by atomic mass is 16.5. The van der Waals surface area contributed by atoms with E-state index in [2.05, 4.69) is 41.7 Å². The highest BCUT2D eigenvalue weighted by Gasteiger charge is 2.20. The van der Waals surface area contributed by atoms with Crippen LogP contribution in [0.25, 0.3) is 0 Å². The van der Waals surface area contributed by atoms with E-state index in [0.717, 1.165) is 12.6 Å². The van der Waals surface area contributed by atoms with E-state index in [1.54, 1.807) is 0 Å². The van der Waals surface area contributed by atoms with Crippen molar-refractivity contribution in [3.63, 3.8) is 0 Å². The molecule has 2 aromatic rings. The topological polar surface area (TPSA) is 21.3 Å². The van der Waals surface area contributed by atoms with Crippen molar-refractivity contribution in [3.05, 3.63) is 71.3 Å². The monoisotopic (exact) mass is 267 g/mol. The van der Waals surface area contributed by atoms with Gasteiger partial charge in [-0.15, -0.1) is 0 Å². The first-order chi connectivity index (χ1) is 9.92. The molecule has 2 aromatic carbocycles. The SMILES string of the molecule is c1ccc(COCc2ccccc2CNC2CC2)cc1. The fraction of sp³-hybridized carbons (Fsp3) is 0.333. The minimum absolute atomic E-state index is 0.672. The maximum absolute atomic E-state index is 5.84. The van der Waals surface area contributed by atoms with E-state index in [-0.39, 0.29) is 0 Å². The number of hydrogen-bond donors (Lipinski definition) is 1. The Morgan fingerprint density at radius 3 is 2.30 bits per heavy atom. The molecule has 0 radical (unpaired) electrons. The molecule has 2 heteroatoms. The number of nitrogens with one attached hydrogen (secondary N) is 1. The minimum Gasteiger partial charge on any atom is -0.372 e. The maximum atomic E-state index is 5.84. The molecule has 0 spiro atoms. The van der Waals surface area contributed by atoms with Gasteiger partial charge in [0.2, 0.25) is 0 Å². The van der Waals surface area contributed by atoms with Gasteiger partial charge in [-0.05, 0) is 29.5 Å². The Morgan fingerprint density at radius 2 is 1.55 bits per heavy atom. The number of benzene rings is 2. The zero-order valence-electron chi connectivity index (χ0n) is 11.7. The smallest absolute Gasteiger partial charge is 0.0724 e. The van der Waals surface area contributed by atoms with E-state index in [1.165, 1.54) is 29.5 Å². The average Bonchev–Trinajstić information content (AvgIpc) is 3.32. The van der Waals surface area contributed by atoms with Gasteiger partial charge in [-0.25, -0.2) is 0 Å². The van der Waals surface area contributed by atoms with Crippen molar-refractivity contribution in [2.45, 2.75) is 38.6 Å². The van der Waals surface area contributed by atoms with Crippen LogP contribution in [-0.4, -0.2) is 6.04 Å². The number of hydrogen-bond acceptors (Lipinski definition) is 2. The van der Waals surface area contributed by atoms with Crippen LogP contribution in [-0.2, 0) is 24.5 Å². The lowest BCUT2D eigenvalue weighted by Crippen LogP contribution is -2.16. The van der Waals surface area contributed by atoms with Crippen molar-refractivity contribution < 1.29 is 4.74 Å². The zero-order chi connectivity index (χ0) is 13.6. The third-order valence-electron chi connectivity index (χ3n) is 3.65. The highest BCUT2D eigenvalue weighted by Crippen LogP contribution is 2.20. The molecule has 0 heterocycles. The van der Waals surface area contributed by atoms with E-state index < -0.39 is 0 Å². The Labute approximate surface area is 120 Å². The molecule has 1 aliphatic carbocycles. The highest BCUT2D eigenvalue weighted by molar-refractivity contribution is 5.26. The van der Waals surface area contributed by atoms with Crippen LogP contribution in [0.5, 0.6) is 0 Å².